The molecule has 0 aliphatic carbocycles. The van der Waals surface area contributed by atoms with Crippen molar-refractivity contribution in [1.82, 2.24) is 9.97 Å². The Morgan fingerprint density at radius 2 is 2.12 bits per heavy atom. The van der Waals surface area contributed by atoms with Gasteiger partial charge in [-0.25, -0.2) is 9.97 Å². The summed E-state index contributed by atoms with van der Waals surface area (Å²) in [6.45, 7) is 4.40. The highest BCUT2D eigenvalue weighted by molar-refractivity contribution is 9.10. The van der Waals surface area contributed by atoms with Gasteiger partial charge in [-0.3, -0.25) is 0 Å². The summed E-state index contributed by atoms with van der Waals surface area (Å²) in [5, 5.41) is 3.16. The van der Waals surface area contributed by atoms with E-state index in [1.54, 1.807) is 6.20 Å². The normalized spacial score (nSPS) is 10.4. The third kappa shape index (κ3) is 2.61. The summed E-state index contributed by atoms with van der Waals surface area (Å²) in [6.07, 6.45) is 3.52. The van der Waals surface area contributed by atoms with Crippen LogP contribution in [-0.4, -0.2) is 9.97 Å². The monoisotopic (exact) mass is 281 g/mol. The van der Waals surface area contributed by atoms with Crippen LogP contribution in [0.25, 0.3) is 0 Å². The molecule has 1 N–H and O–H groups in total. The van der Waals surface area contributed by atoms with E-state index in [4.69, 9.17) is 4.42 Å². The topological polar surface area (TPSA) is 51.0 Å². The fraction of sp³-hybridized carbons (Fsp3) is 0.273. The molecular weight excluding hydrogens is 270 g/mol. The predicted molar refractivity (Wildman–Crippen MR) is 65.2 cm³/mol. The first-order chi connectivity index (χ1) is 7.65. The molecule has 0 unspecified atom stereocenters. The number of hydrogen-bond acceptors (Lipinski definition) is 4. The Hall–Kier alpha value is -1.36. The first-order valence-electron chi connectivity index (χ1n) is 4.92. The Bertz CT molecular complexity index is 496. The third-order valence-electron chi connectivity index (χ3n) is 2.05. The molecule has 0 aromatic carbocycles. The number of aromatic nitrogens is 2. The van der Waals surface area contributed by atoms with Gasteiger partial charge in [0.05, 0.1) is 17.2 Å². The lowest BCUT2D eigenvalue weighted by atomic mass is 10.3. The highest BCUT2D eigenvalue weighted by atomic mass is 79.9. The Kier molecular flexibility index (Phi) is 3.24. The van der Waals surface area contributed by atoms with E-state index in [-0.39, 0.29) is 0 Å². The fourth-order valence-corrected chi connectivity index (χ4v) is 1.91. The molecule has 0 saturated carbocycles. The van der Waals surface area contributed by atoms with Crippen LogP contribution in [0.5, 0.6) is 0 Å². The van der Waals surface area contributed by atoms with Crippen molar-refractivity contribution in [2.45, 2.75) is 20.4 Å². The molecule has 5 heteroatoms. The Morgan fingerprint density at radius 1 is 1.31 bits per heavy atom. The molecule has 0 aliphatic rings. The number of aryl methyl sites for hydroxylation is 2. The quantitative estimate of drug-likeness (QED) is 0.940. The van der Waals surface area contributed by atoms with Crippen molar-refractivity contribution in [2.75, 3.05) is 5.32 Å². The predicted octanol–water partition coefficient (Wildman–Crippen LogP) is 3.06. The molecule has 0 aliphatic heterocycles. The van der Waals surface area contributed by atoms with Crippen LogP contribution < -0.4 is 5.32 Å². The maximum atomic E-state index is 5.35. The molecule has 16 heavy (non-hydrogen) atoms. The summed E-state index contributed by atoms with van der Waals surface area (Å²) in [7, 11) is 0. The minimum atomic E-state index is 0.530. The summed E-state index contributed by atoms with van der Waals surface area (Å²) < 4.78 is 6.29. The Balaban J connectivity index is 2.04. The third-order valence-corrected chi connectivity index (χ3v) is 2.66. The Labute approximate surface area is 102 Å². The van der Waals surface area contributed by atoms with Gasteiger partial charge in [-0.1, -0.05) is 0 Å². The van der Waals surface area contributed by atoms with Crippen LogP contribution >= 0.6 is 15.9 Å². The average molecular weight is 282 g/mol. The number of hydrogen-bond donors (Lipinski definition) is 1. The average Bonchev–Trinajstić information content (AvgIpc) is 2.63. The van der Waals surface area contributed by atoms with Crippen molar-refractivity contribution in [1.29, 1.82) is 0 Å². The Morgan fingerprint density at radius 3 is 2.75 bits per heavy atom. The van der Waals surface area contributed by atoms with Gasteiger partial charge in [0.2, 0.25) is 5.89 Å². The molecular formula is C11H12BrN3O. The van der Waals surface area contributed by atoms with Gasteiger partial charge in [0.15, 0.2) is 0 Å². The maximum absolute atomic E-state index is 5.35. The number of pyridine rings is 1. The first-order valence-corrected chi connectivity index (χ1v) is 5.72. The van der Waals surface area contributed by atoms with Crippen LogP contribution in [0.2, 0.25) is 0 Å². The van der Waals surface area contributed by atoms with E-state index in [9.17, 15) is 0 Å². The number of anilines is 1. The van der Waals surface area contributed by atoms with Crippen molar-refractivity contribution < 1.29 is 4.42 Å². The lowest BCUT2D eigenvalue weighted by Gasteiger charge is -2.05. The molecule has 0 fully saturated rings. The standard InChI is InChI=1S/C11H12BrN3O/c1-7-3-9(12)11(14-4-7)15-6-10-13-5-8(2)16-10/h3-5H,6H2,1-2H3,(H,14,15). The minimum absolute atomic E-state index is 0.530. The van der Waals surface area contributed by atoms with Crippen molar-refractivity contribution in [3.05, 3.63) is 40.1 Å². The van der Waals surface area contributed by atoms with Crippen molar-refractivity contribution in [3.8, 4) is 0 Å². The second-order valence-corrected chi connectivity index (χ2v) is 4.42. The van der Waals surface area contributed by atoms with Crippen molar-refractivity contribution in [2.24, 2.45) is 0 Å². The lowest BCUT2D eigenvalue weighted by Crippen LogP contribution is -2.02. The second-order valence-electron chi connectivity index (χ2n) is 3.56. The summed E-state index contributed by atoms with van der Waals surface area (Å²) >= 11 is 3.45. The first kappa shape index (κ1) is 11.1. The van der Waals surface area contributed by atoms with Gasteiger partial charge < -0.3 is 9.73 Å². The smallest absolute Gasteiger partial charge is 0.213 e. The minimum Gasteiger partial charge on any atom is -0.444 e. The van der Waals surface area contributed by atoms with Gasteiger partial charge in [-0.2, -0.15) is 0 Å². The van der Waals surface area contributed by atoms with E-state index in [0.29, 0.717) is 12.4 Å². The molecule has 0 amide bonds. The van der Waals surface area contributed by atoms with Gasteiger partial charge in [0.25, 0.3) is 0 Å². The molecule has 0 atom stereocenters. The highest BCUT2D eigenvalue weighted by Crippen LogP contribution is 2.20. The molecule has 0 radical (unpaired) electrons. The lowest BCUT2D eigenvalue weighted by molar-refractivity contribution is 0.479. The van der Waals surface area contributed by atoms with Gasteiger partial charge in [0.1, 0.15) is 11.6 Å². The van der Waals surface area contributed by atoms with Gasteiger partial charge in [-0.05, 0) is 41.4 Å². The number of nitrogens with one attached hydrogen (secondary N) is 1. The summed E-state index contributed by atoms with van der Waals surface area (Å²) in [4.78, 5) is 8.38. The summed E-state index contributed by atoms with van der Waals surface area (Å²) in [6, 6.07) is 2.01. The molecule has 2 rings (SSSR count). The van der Waals surface area contributed by atoms with Crippen molar-refractivity contribution >= 4 is 21.7 Å². The molecule has 0 spiro atoms. The largest absolute Gasteiger partial charge is 0.444 e. The maximum Gasteiger partial charge on any atom is 0.213 e. The van der Waals surface area contributed by atoms with Crippen LogP contribution in [0.1, 0.15) is 17.2 Å². The van der Waals surface area contributed by atoms with E-state index in [1.807, 2.05) is 26.1 Å². The zero-order chi connectivity index (χ0) is 11.5. The van der Waals surface area contributed by atoms with Crippen LogP contribution in [0.4, 0.5) is 5.82 Å². The zero-order valence-corrected chi connectivity index (χ0v) is 10.7. The molecule has 4 nitrogen and oxygen atoms in total. The molecule has 2 aromatic heterocycles. The van der Waals surface area contributed by atoms with E-state index >= 15 is 0 Å². The van der Waals surface area contributed by atoms with E-state index < -0.39 is 0 Å². The van der Waals surface area contributed by atoms with Gasteiger partial charge >= 0.3 is 0 Å². The van der Waals surface area contributed by atoms with E-state index in [2.05, 4.69) is 31.2 Å². The molecule has 84 valence electrons. The van der Waals surface area contributed by atoms with Crippen LogP contribution in [0, 0.1) is 13.8 Å². The van der Waals surface area contributed by atoms with Gasteiger partial charge in [0, 0.05) is 6.20 Å². The summed E-state index contributed by atoms with van der Waals surface area (Å²) in [5.74, 6) is 2.26. The summed E-state index contributed by atoms with van der Waals surface area (Å²) in [5.41, 5.74) is 1.12. The highest BCUT2D eigenvalue weighted by Gasteiger charge is 2.04. The van der Waals surface area contributed by atoms with Crippen LogP contribution in [0.15, 0.2) is 27.3 Å². The number of nitrogens with zero attached hydrogens (tertiary/aromatic N) is 2. The number of halogens is 1. The molecule has 0 saturated heterocycles. The van der Waals surface area contributed by atoms with Crippen molar-refractivity contribution in [3.63, 3.8) is 0 Å². The molecule has 2 aromatic rings. The molecule has 2 heterocycles. The SMILES string of the molecule is Cc1cnc(NCc2ncc(C)o2)c(Br)c1. The van der Waals surface area contributed by atoms with Gasteiger partial charge in [-0.15, -0.1) is 0 Å². The van der Waals surface area contributed by atoms with Crippen LogP contribution in [-0.2, 0) is 6.54 Å². The molecule has 0 bridgehead atoms. The number of rotatable bonds is 3. The second kappa shape index (κ2) is 4.65. The van der Waals surface area contributed by atoms with E-state index in [0.717, 1.165) is 21.6 Å². The van der Waals surface area contributed by atoms with Crippen LogP contribution in [0.3, 0.4) is 0 Å². The van der Waals surface area contributed by atoms with E-state index in [1.165, 1.54) is 0 Å². The fourth-order valence-electron chi connectivity index (χ4n) is 1.31. The zero-order valence-electron chi connectivity index (χ0n) is 9.12. The number of oxazole rings is 1.